The first-order chi connectivity index (χ1) is 4.81. The molecule has 0 fully saturated rings. The molecule has 0 rings (SSSR count). The van der Waals surface area contributed by atoms with Crippen molar-refractivity contribution in [2.75, 3.05) is 5.88 Å². The lowest BCUT2D eigenvalue weighted by Crippen LogP contribution is -1.71. The van der Waals surface area contributed by atoms with Crippen molar-refractivity contribution in [1.82, 2.24) is 0 Å². The molecule has 0 heterocycles. The first kappa shape index (κ1) is 10.3. The number of hydrogen-bond acceptors (Lipinski definition) is 0. The Balaban J connectivity index is 3.47. The molecule has 0 amide bonds. The Labute approximate surface area is 76.5 Å². The van der Waals surface area contributed by atoms with Crippen molar-refractivity contribution in [3.05, 3.63) is 22.7 Å². The number of alkyl halides is 1. The van der Waals surface area contributed by atoms with Crippen LogP contribution in [0.1, 0.15) is 12.8 Å². The van der Waals surface area contributed by atoms with Crippen LogP contribution in [0.3, 0.4) is 0 Å². The molecule has 0 saturated carbocycles. The van der Waals surface area contributed by atoms with Crippen molar-refractivity contribution in [2.24, 2.45) is 0 Å². The third-order valence-corrected chi connectivity index (χ3v) is 1.57. The van der Waals surface area contributed by atoms with E-state index in [1.54, 1.807) is 6.08 Å². The molecule has 0 spiro atoms. The molecule has 0 unspecified atom stereocenters. The minimum Gasteiger partial charge on any atom is -0.127 e. The Hall–Kier alpha value is 0.350. The second kappa shape index (κ2) is 7.46. The fraction of sp³-hybridized carbons (Fsp3) is 0.429. The van der Waals surface area contributed by atoms with Gasteiger partial charge in [-0.25, -0.2) is 0 Å². The largest absolute Gasteiger partial charge is 0.127 e. The van der Waals surface area contributed by atoms with Gasteiger partial charge >= 0.3 is 0 Å². The maximum Gasteiger partial charge on any atom is 0.0374 e. The lowest BCUT2D eigenvalue weighted by atomic mass is 10.3. The van der Waals surface area contributed by atoms with Crippen LogP contribution < -0.4 is 0 Å². The molecule has 10 heavy (non-hydrogen) atoms. The summed E-state index contributed by atoms with van der Waals surface area (Å²) in [6.07, 6.45) is 5.39. The average Bonchev–Trinajstić information content (AvgIpc) is 1.89. The van der Waals surface area contributed by atoms with Crippen molar-refractivity contribution in [2.45, 2.75) is 12.8 Å². The van der Waals surface area contributed by atoms with Gasteiger partial charge in [0.15, 0.2) is 0 Å². The number of halogens is 3. The molecular weight excluding hydrogens is 190 g/mol. The van der Waals surface area contributed by atoms with Crippen LogP contribution in [-0.4, -0.2) is 5.88 Å². The monoisotopic (exact) mass is 198 g/mol. The molecule has 0 nitrogen and oxygen atoms in total. The highest BCUT2D eigenvalue weighted by Gasteiger charge is 1.84. The van der Waals surface area contributed by atoms with E-state index in [1.165, 1.54) is 5.54 Å². The fourth-order valence-electron chi connectivity index (χ4n) is 0.445. The van der Waals surface area contributed by atoms with Crippen LogP contribution in [-0.2, 0) is 0 Å². The molecule has 3 heteroatoms. The van der Waals surface area contributed by atoms with E-state index in [1.807, 2.05) is 6.08 Å². The summed E-state index contributed by atoms with van der Waals surface area (Å²) in [6, 6.07) is 0. The zero-order chi connectivity index (χ0) is 7.82. The lowest BCUT2D eigenvalue weighted by Gasteiger charge is -1.88. The Bertz CT molecular complexity index is 127. The van der Waals surface area contributed by atoms with Crippen LogP contribution in [0.5, 0.6) is 0 Å². The van der Waals surface area contributed by atoms with E-state index in [9.17, 15) is 0 Å². The van der Waals surface area contributed by atoms with Gasteiger partial charge in [-0.3, -0.25) is 0 Å². The lowest BCUT2D eigenvalue weighted by molar-refractivity contribution is 0.965. The fourth-order valence-corrected chi connectivity index (χ4v) is 0.972. The second-order valence-corrected chi connectivity index (χ2v) is 2.78. The van der Waals surface area contributed by atoms with E-state index in [0.717, 1.165) is 12.8 Å². The number of unbranched alkanes of at least 4 members (excludes halogenated alkanes) is 1. The van der Waals surface area contributed by atoms with Crippen LogP contribution in [0.2, 0.25) is 0 Å². The van der Waals surface area contributed by atoms with Crippen molar-refractivity contribution in [3.63, 3.8) is 0 Å². The highest BCUT2D eigenvalue weighted by atomic mass is 35.5. The molecule has 0 aliphatic carbocycles. The smallest absolute Gasteiger partial charge is 0.0374 e. The summed E-state index contributed by atoms with van der Waals surface area (Å²) >= 11 is 16.4. The maximum absolute atomic E-state index is 5.66. The molecular formula is C7H9Cl3. The van der Waals surface area contributed by atoms with E-state index < -0.39 is 0 Å². The molecule has 0 radical (unpaired) electrons. The molecule has 0 aromatic rings. The molecule has 0 N–H and O–H groups in total. The van der Waals surface area contributed by atoms with Crippen LogP contribution in [0.4, 0.5) is 0 Å². The summed E-state index contributed by atoms with van der Waals surface area (Å²) in [7, 11) is 0. The molecule has 0 saturated heterocycles. The third-order valence-electron chi connectivity index (χ3n) is 0.899. The predicted molar refractivity (Wildman–Crippen MR) is 48.9 cm³/mol. The van der Waals surface area contributed by atoms with E-state index in [4.69, 9.17) is 34.8 Å². The number of hydrogen-bond donors (Lipinski definition) is 0. The maximum atomic E-state index is 5.66. The molecule has 0 aliphatic heterocycles. The summed E-state index contributed by atoms with van der Waals surface area (Å²) in [5, 5.41) is 0.667. The van der Waals surface area contributed by atoms with Crippen LogP contribution >= 0.6 is 34.8 Å². The highest BCUT2D eigenvalue weighted by molar-refractivity contribution is 6.33. The van der Waals surface area contributed by atoms with Crippen molar-refractivity contribution in [3.8, 4) is 0 Å². The topological polar surface area (TPSA) is 0 Å². The first-order valence-electron chi connectivity index (χ1n) is 2.99. The zero-order valence-electron chi connectivity index (χ0n) is 5.49. The predicted octanol–water partition coefficient (Wildman–Crippen LogP) is 3.88. The second-order valence-electron chi connectivity index (χ2n) is 1.71. The third kappa shape index (κ3) is 6.47. The summed E-state index contributed by atoms with van der Waals surface area (Å²) in [5.74, 6) is 0.672. The van der Waals surface area contributed by atoms with Crippen LogP contribution in [0, 0.1) is 0 Å². The van der Waals surface area contributed by atoms with Crippen molar-refractivity contribution >= 4 is 34.8 Å². The van der Waals surface area contributed by atoms with Crippen LogP contribution in [0.15, 0.2) is 22.7 Å². The van der Waals surface area contributed by atoms with Gasteiger partial charge in [0, 0.05) is 16.4 Å². The van der Waals surface area contributed by atoms with Gasteiger partial charge in [-0.15, -0.1) is 11.6 Å². The van der Waals surface area contributed by atoms with E-state index in [2.05, 4.69) is 0 Å². The molecule has 0 aromatic heterocycles. The molecule has 0 aliphatic rings. The average molecular weight is 200 g/mol. The van der Waals surface area contributed by atoms with Gasteiger partial charge in [-0.2, -0.15) is 0 Å². The number of allylic oxidation sites excluding steroid dienone is 3. The van der Waals surface area contributed by atoms with Gasteiger partial charge < -0.3 is 0 Å². The summed E-state index contributed by atoms with van der Waals surface area (Å²) < 4.78 is 0. The number of rotatable bonds is 4. The van der Waals surface area contributed by atoms with Crippen molar-refractivity contribution < 1.29 is 0 Å². The summed E-state index contributed by atoms with van der Waals surface area (Å²) in [5.41, 5.74) is 1.39. The van der Waals surface area contributed by atoms with Gasteiger partial charge in [-0.1, -0.05) is 29.3 Å². The summed E-state index contributed by atoms with van der Waals surface area (Å²) in [4.78, 5) is 0. The standard InChI is InChI=1S/C7H9Cl3/c8-5-2-1-3-7(10)4-6-9/h3-4,6H,1-2,5H2/b6-4+,7-3+. The van der Waals surface area contributed by atoms with E-state index >= 15 is 0 Å². The zero-order valence-corrected chi connectivity index (χ0v) is 7.76. The normalized spacial score (nSPS) is 12.9. The Morgan fingerprint density at radius 3 is 2.60 bits per heavy atom. The Kier molecular flexibility index (Phi) is 7.72. The highest BCUT2D eigenvalue weighted by Crippen LogP contribution is 2.06. The minimum absolute atomic E-state index is 0.667. The Morgan fingerprint density at radius 2 is 2.10 bits per heavy atom. The van der Waals surface area contributed by atoms with Gasteiger partial charge in [-0.05, 0) is 18.9 Å². The SMILES string of the molecule is Cl/C=C/C(Cl)=C\CCCCl. The molecule has 0 atom stereocenters. The quantitative estimate of drug-likeness (QED) is 0.366. The molecule has 0 bridgehead atoms. The Morgan fingerprint density at radius 1 is 1.40 bits per heavy atom. The van der Waals surface area contributed by atoms with Gasteiger partial charge in [0.1, 0.15) is 0 Å². The van der Waals surface area contributed by atoms with Gasteiger partial charge in [0.05, 0.1) is 0 Å². The minimum atomic E-state index is 0.667. The van der Waals surface area contributed by atoms with E-state index in [-0.39, 0.29) is 0 Å². The van der Waals surface area contributed by atoms with E-state index in [0.29, 0.717) is 10.9 Å². The van der Waals surface area contributed by atoms with Gasteiger partial charge in [0.25, 0.3) is 0 Å². The van der Waals surface area contributed by atoms with Crippen molar-refractivity contribution in [1.29, 1.82) is 0 Å². The molecule has 0 aromatic carbocycles. The van der Waals surface area contributed by atoms with Gasteiger partial charge in [0.2, 0.25) is 0 Å². The summed E-state index contributed by atoms with van der Waals surface area (Å²) in [6.45, 7) is 0. The van der Waals surface area contributed by atoms with Crippen LogP contribution in [0.25, 0.3) is 0 Å². The first-order valence-corrected chi connectivity index (χ1v) is 4.34. The molecule has 58 valence electrons.